The fourth-order valence-corrected chi connectivity index (χ4v) is 2.55. The van der Waals surface area contributed by atoms with Gasteiger partial charge in [-0.25, -0.2) is 9.97 Å². The second kappa shape index (κ2) is 4.90. The first-order valence-electron chi connectivity index (χ1n) is 6.42. The monoisotopic (exact) mass is 234 g/mol. The Morgan fingerprint density at radius 2 is 2.00 bits per heavy atom. The molecule has 0 aromatic carbocycles. The fraction of sp³-hybridized carbons (Fsp3) is 0.692. The van der Waals surface area contributed by atoms with Crippen LogP contribution in [0.3, 0.4) is 0 Å². The van der Waals surface area contributed by atoms with Gasteiger partial charge in [0.2, 0.25) is 0 Å². The molecular formula is C13H22N4. The van der Waals surface area contributed by atoms with Crippen LogP contribution in [0.25, 0.3) is 0 Å². The van der Waals surface area contributed by atoms with Crippen molar-refractivity contribution in [1.29, 1.82) is 0 Å². The summed E-state index contributed by atoms with van der Waals surface area (Å²) in [6.07, 6.45) is 3.72. The molecular weight excluding hydrogens is 212 g/mol. The number of anilines is 2. The van der Waals surface area contributed by atoms with Crippen molar-refractivity contribution in [1.82, 2.24) is 9.97 Å². The van der Waals surface area contributed by atoms with Crippen molar-refractivity contribution in [2.45, 2.75) is 46.1 Å². The molecule has 4 nitrogen and oxygen atoms in total. The van der Waals surface area contributed by atoms with Gasteiger partial charge in [0.25, 0.3) is 0 Å². The highest BCUT2D eigenvalue weighted by atomic mass is 15.1. The van der Waals surface area contributed by atoms with Crippen molar-refractivity contribution in [3.63, 3.8) is 0 Å². The van der Waals surface area contributed by atoms with E-state index in [1.807, 2.05) is 13.0 Å². The van der Waals surface area contributed by atoms with Crippen LogP contribution in [0.2, 0.25) is 0 Å². The largest absolute Gasteiger partial charge is 0.384 e. The van der Waals surface area contributed by atoms with E-state index >= 15 is 0 Å². The molecule has 0 aliphatic heterocycles. The zero-order valence-corrected chi connectivity index (χ0v) is 10.9. The molecule has 1 aromatic rings. The molecule has 0 amide bonds. The van der Waals surface area contributed by atoms with Gasteiger partial charge in [-0.2, -0.15) is 0 Å². The Morgan fingerprint density at radius 1 is 1.24 bits per heavy atom. The molecule has 1 aromatic heterocycles. The first kappa shape index (κ1) is 12.1. The second-order valence-corrected chi connectivity index (χ2v) is 5.33. The molecule has 3 unspecified atom stereocenters. The highest BCUT2D eigenvalue weighted by Crippen LogP contribution is 2.30. The maximum absolute atomic E-state index is 5.72. The van der Waals surface area contributed by atoms with E-state index in [4.69, 9.17) is 5.73 Å². The molecule has 4 heteroatoms. The van der Waals surface area contributed by atoms with Gasteiger partial charge in [-0.1, -0.05) is 13.8 Å². The molecule has 1 heterocycles. The topological polar surface area (TPSA) is 63.8 Å². The van der Waals surface area contributed by atoms with Gasteiger partial charge < -0.3 is 11.1 Å². The predicted molar refractivity (Wildman–Crippen MR) is 70.8 cm³/mol. The van der Waals surface area contributed by atoms with Crippen LogP contribution in [0.5, 0.6) is 0 Å². The average molecular weight is 234 g/mol. The van der Waals surface area contributed by atoms with Gasteiger partial charge in [0, 0.05) is 12.1 Å². The first-order chi connectivity index (χ1) is 8.04. The zero-order chi connectivity index (χ0) is 12.4. The number of nitrogen functional groups attached to an aromatic ring is 1. The normalized spacial score (nSPS) is 29.0. The summed E-state index contributed by atoms with van der Waals surface area (Å²) in [5, 5.41) is 3.48. The predicted octanol–water partition coefficient (Wildman–Crippen LogP) is 2.60. The van der Waals surface area contributed by atoms with E-state index in [0.29, 0.717) is 11.9 Å². The second-order valence-electron chi connectivity index (χ2n) is 5.33. The highest BCUT2D eigenvalue weighted by Gasteiger charge is 2.24. The van der Waals surface area contributed by atoms with E-state index in [9.17, 15) is 0 Å². The standard InChI is InChI=1S/C13H22N4/c1-8-4-5-11(6-9(8)2)17-13-7-12(14)15-10(3)16-13/h7-9,11H,4-6H2,1-3H3,(H3,14,15,16,17). The van der Waals surface area contributed by atoms with Gasteiger partial charge in [-0.05, 0) is 38.0 Å². The summed E-state index contributed by atoms with van der Waals surface area (Å²) < 4.78 is 0. The quantitative estimate of drug-likeness (QED) is 0.825. The third-order valence-corrected chi connectivity index (χ3v) is 3.81. The molecule has 1 saturated carbocycles. The Labute approximate surface area is 103 Å². The minimum Gasteiger partial charge on any atom is -0.384 e. The molecule has 17 heavy (non-hydrogen) atoms. The number of aryl methyl sites for hydroxylation is 1. The summed E-state index contributed by atoms with van der Waals surface area (Å²) in [7, 11) is 0. The Balaban J connectivity index is 2.01. The summed E-state index contributed by atoms with van der Waals surface area (Å²) in [4.78, 5) is 8.45. The number of nitrogens with two attached hydrogens (primary N) is 1. The average Bonchev–Trinajstić information content (AvgIpc) is 2.22. The number of rotatable bonds is 2. The summed E-state index contributed by atoms with van der Waals surface area (Å²) in [5.74, 6) is 3.75. The Hall–Kier alpha value is -1.32. The molecule has 1 fully saturated rings. The molecule has 1 aliphatic rings. The lowest BCUT2D eigenvalue weighted by molar-refractivity contribution is 0.260. The maximum atomic E-state index is 5.72. The van der Waals surface area contributed by atoms with Crippen LogP contribution in [-0.2, 0) is 0 Å². The Kier molecular flexibility index (Phi) is 3.50. The summed E-state index contributed by atoms with van der Waals surface area (Å²) >= 11 is 0. The van der Waals surface area contributed by atoms with E-state index in [2.05, 4.69) is 29.1 Å². The lowest BCUT2D eigenvalue weighted by atomic mass is 9.79. The van der Waals surface area contributed by atoms with E-state index in [1.165, 1.54) is 19.3 Å². The number of hydrogen-bond acceptors (Lipinski definition) is 4. The van der Waals surface area contributed by atoms with Crippen molar-refractivity contribution in [2.24, 2.45) is 11.8 Å². The van der Waals surface area contributed by atoms with Gasteiger partial charge >= 0.3 is 0 Å². The number of nitrogens with zero attached hydrogens (tertiary/aromatic N) is 2. The van der Waals surface area contributed by atoms with Crippen molar-refractivity contribution in [3.8, 4) is 0 Å². The SMILES string of the molecule is Cc1nc(N)cc(NC2CCC(C)C(C)C2)n1. The summed E-state index contributed by atoms with van der Waals surface area (Å²) in [6, 6.07) is 2.34. The smallest absolute Gasteiger partial charge is 0.132 e. The van der Waals surface area contributed by atoms with Crippen molar-refractivity contribution < 1.29 is 0 Å². The van der Waals surface area contributed by atoms with Gasteiger partial charge in [0.1, 0.15) is 17.5 Å². The molecule has 0 bridgehead atoms. The van der Waals surface area contributed by atoms with Crippen LogP contribution in [0.4, 0.5) is 11.6 Å². The lowest BCUT2D eigenvalue weighted by Gasteiger charge is -2.32. The summed E-state index contributed by atoms with van der Waals surface area (Å²) in [5.41, 5.74) is 5.72. The van der Waals surface area contributed by atoms with Gasteiger partial charge in [-0.3, -0.25) is 0 Å². The van der Waals surface area contributed by atoms with Crippen LogP contribution in [0, 0.1) is 18.8 Å². The van der Waals surface area contributed by atoms with Crippen molar-refractivity contribution in [3.05, 3.63) is 11.9 Å². The number of nitrogens with one attached hydrogen (secondary N) is 1. The lowest BCUT2D eigenvalue weighted by Crippen LogP contribution is -2.30. The molecule has 0 spiro atoms. The maximum Gasteiger partial charge on any atom is 0.132 e. The fourth-order valence-electron chi connectivity index (χ4n) is 2.55. The van der Waals surface area contributed by atoms with Crippen LogP contribution in [0.15, 0.2) is 6.07 Å². The Morgan fingerprint density at radius 3 is 2.65 bits per heavy atom. The molecule has 3 N–H and O–H groups in total. The van der Waals surface area contributed by atoms with Crippen LogP contribution < -0.4 is 11.1 Å². The molecule has 0 saturated heterocycles. The van der Waals surface area contributed by atoms with Crippen LogP contribution in [0.1, 0.15) is 38.9 Å². The minimum absolute atomic E-state index is 0.523. The van der Waals surface area contributed by atoms with Crippen LogP contribution >= 0.6 is 0 Å². The summed E-state index contributed by atoms with van der Waals surface area (Å²) in [6.45, 7) is 6.54. The number of hydrogen-bond donors (Lipinski definition) is 2. The highest BCUT2D eigenvalue weighted by molar-refractivity contribution is 5.45. The molecule has 2 rings (SSSR count). The van der Waals surface area contributed by atoms with Crippen molar-refractivity contribution >= 4 is 11.6 Å². The molecule has 1 aliphatic carbocycles. The third-order valence-electron chi connectivity index (χ3n) is 3.81. The van der Waals surface area contributed by atoms with Gasteiger partial charge in [0.15, 0.2) is 0 Å². The Bertz CT molecular complexity index is 371. The van der Waals surface area contributed by atoms with E-state index in [0.717, 1.165) is 23.5 Å². The number of aromatic nitrogens is 2. The first-order valence-corrected chi connectivity index (χ1v) is 6.42. The molecule has 3 atom stereocenters. The van der Waals surface area contributed by atoms with Crippen LogP contribution in [-0.4, -0.2) is 16.0 Å². The zero-order valence-electron chi connectivity index (χ0n) is 10.9. The van der Waals surface area contributed by atoms with E-state index in [1.54, 1.807) is 0 Å². The minimum atomic E-state index is 0.523. The molecule has 0 radical (unpaired) electrons. The van der Waals surface area contributed by atoms with Gasteiger partial charge in [-0.15, -0.1) is 0 Å². The molecule has 94 valence electrons. The van der Waals surface area contributed by atoms with Crippen molar-refractivity contribution in [2.75, 3.05) is 11.1 Å². The van der Waals surface area contributed by atoms with Gasteiger partial charge in [0.05, 0.1) is 0 Å². The van der Waals surface area contributed by atoms with E-state index in [-0.39, 0.29) is 0 Å². The van der Waals surface area contributed by atoms with E-state index < -0.39 is 0 Å². The third kappa shape index (κ3) is 3.08.